The second-order valence-corrected chi connectivity index (χ2v) is 19.7. The summed E-state index contributed by atoms with van der Waals surface area (Å²) in [6, 6.07) is 0.489. The molecule has 3 aliphatic heterocycles. The Bertz CT molecular complexity index is 1300. The first-order valence-corrected chi connectivity index (χ1v) is 19.8. The standard InChI is InChI=1S/C40H65NO8/c1-23-19-26(34(36(5,6)44)47-24(2)42)48-32-31(23)37(7)14-15-40-22-39(40)13-11-29(49-30-20-41(16-18-46-30)25-12-17-45-21-25)35(3,4)27(39)9-10-28(40)38(37,8)33(32)43/h23,25-34,43-44H,9-22H2,1-8H3/t23-,25?,26?,27+,28+,29+,30+,31?,32+,33+,34+,37-,38-,39-,40+/m1/s1. The number of fused-ring (bicyclic) bond motifs is 4. The third kappa shape index (κ3) is 4.90. The van der Waals surface area contributed by atoms with Gasteiger partial charge in [0, 0.05) is 38.1 Å². The number of rotatable bonds is 6. The molecular formula is C40H65NO8. The number of carbonyl (C=O) groups excluding carboxylic acids is 1. The second-order valence-electron chi connectivity index (χ2n) is 19.7. The smallest absolute Gasteiger partial charge is 0.303 e. The maximum absolute atomic E-state index is 12.6. The van der Waals surface area contributed by atoms with Crippen molar-refractivity contribution < 1.29 is 38.7 Å². The first-order chi connectivity index (χ1) is 23.0. The molecule has 0 amide bonds. The normalized spacial score (nSPS) is 52.6. The van der Waals surface area contributed by atoms with Crippen LogP contribution in [0.4, 0.5) is 0 Å². The number of nitrogens with zero attached hydrogens (tertiary/aromatic N) is 1. The van der Waals surface area contributed by atoms with Gasteiger partial charge in [0.2, 0.25) is 0 Å². The molecule has 49 heavy (non-hydrogen) atoms. The fourth-order valence-corrected chi connectivity index (χ4v) is 14.6. The van der Waals surface area contributed by atoms with Crippen LogP contribution in [-0.4, -0.2) is 102 Å². The maximum atomic E-state index is 12.6. The average molecular weight is 688 g/mol. The van der Waals surface area contributed by atoms with Gasteiger partial charge in [-0.1, -0.05) is 34.6 Å². The highest BCUT2D eigenvalue weighted by Crippen LogP contribution is 2.89. The Morgan fingerprint density at radius 1 is 1.00 bits per heavy atom. The lowest BCUT2D eigenvalue weighted by atomic mass is 9.41. The first-order valence-electron chi connectivity index (χ1n) is 19.8. The average Bonchev–Trinajstić information content (AvgIpc) is 3.29. The van der Waals surface area contributed by atoms with E-state index in [1.165, 1.54) is 32.6 Å². The lowest BCUT2D eigenvalue weighted by molar-refractivity contribution is -0.251. The van der Waals surface area contributed by atoms with Gasteiger partial charge in [-0.3, -0.25) is 9.69 Å². The zero-order chi connectivity index (χ0) is 34.9. The molecule has 9 heteroatoms. The molecule has 278 valence electrons. The van der Waals surface area contributed by atoms with Crippen molar-refractivity contribution in [3.05, 3.63) is 0 Å². The van der Waals surface area contributed by atoms with Crippen LogP contribution < -0.4 is 0 Å². The Morgan fingerprint density at radius 2 is 1.73 bits per heavy atom. The van der Waals surface area contributed by atoms with E-state index in [2.05, 4.69) is 39.5 Å². The Labute approximate surface area is 294 Å². The van der Waals surface area contributed by atoms with E-state index in [1.807, 2.05) is 0 Å². The summed E-state index contributed by atoms with van der Waals surface area (Å²) in [5.41, 5.74) is -0.953. The number of ether oxygens (including phenoxy) is 5. The van der Waals surface area contributed by atoms with E-state index in [9.17, 15) is 15.0 Å². The minimum atomic E-state index is -1.25. The fraction of sp³-hybridized carbons (Fsp3) is 0.975. The Morgan fingerprint density at radius 3 is 2.43 bits per heavy atom. The fourth-order valence-electron chi connectivity index (χ4n) is 14.6. The van der Waals surface area contributed by atoms with Gasteiger partial charge in [0.15, 0.2) is 12.4 Å². The minimum Gasteiger partial charge on any atom is -0.457 e. The maximum Gasteiger partial charge on any atom is 0.303 e. The van der Waals surface area contributed by atoms with Crippen LogP contribution in [0.2, 0.25) is 0 Å². The van der Waals surface area contributed by atoms with Crippen molar-refractivity contribution in [1.29, 1.82) is 0 Å². The van der Waals surface area contributed by atoms with Crippen molar-refractivity contribution in [1.82, 2.24) is 4.90 Å². The van der Waals surface area contributed by atoms with Gasteiger partial charge in [-0.25, -0.2) is 0 Å². The van der Waals surface area contributed by atoms with E-state index in [-0.39, 0.29) is 52.0 Å². The van der Waals surface area contributed by atoms with Crippen molar-refractivity contribution in [3.8, 4) is 0 Å². The predicted octanol–water partition coefficient (Wildman–Crippen LogP) is 5.33. The molecule has 3 saturated heterocycles. The van der Waals surface area contributed by atoms with Gasteiger partial charge in [0.25, 0.3) is 0 Å². The summed E-state index contributed by atoms with van der Waals surface area (Å²) in [5.74, 6) is 1.12. The molecule has 8 rings (SSSR count). The molecule has 5 aliphatic carbocycles. The van der Waals surface area contributed by atoms with Crippen LogP contribution in [0.25, 0.3) is 0 Å². The molecule has 9 nitrogen and oxygen atoms in total. The third-order valence-electron chi connectivity index (χ3n) is 16.9. The van der Waals surface area contributed by atoms with Crippen molar-refractivity contribution in [3.63, 3.8) is 0 Å². The van der Waals surface area contributed by atoms with Crippen molar-refractivity contribution in [2.24, 2.45) is 50.7 Å². The predicted molar refractivity (Wildman–Crippen MR) is 183 cm³/mol. The van der Waals surface area contributed by atoms with Crippen LogP contribution in [0.1, 0.15) is 113 Å². The van der Waals surface area contributed by atoms with Crippen LogP contribution >= 0.6 is 0 Å². The summed E-state index contributed by atoms with van der Waals surface area (Å²) in [6.45, 7) is 21.1. The van der Waals surface area contributed by atoms with Crippen LogP contribution in [-0.2, 0) is 28.5 Å². The number of hydrogen-bond donors (Lipinski definition) is 2. The topological polar surface area (TPSA) is 107 Å². The highest BCUT2D eigenvalue weighted by atomic mass is 16.7. The van der Waals surface area contributed by atoms with Crippen LogP contribution in [0.15, 0.2) is 0 Å². The molecule has 8 fully saturated rings. The lowest BCUT2D eigenvalue weighted by Gasteiger charge is -2.64. The Hall–Kier alpha value is -0.810. The molecule has 0 radical (unpaired) electrons. The third-order valence-corrected chi connectivity index (χ3v) is 16.9. The molecule has 0 aromatic heterocycles. The van der Waals surface area contributed by atoms with Gasteiger partial charge in [-0.2, -0.15) is 0 Å². The SMILES string of the molecule is CC(=O)O[C@@H](C1C[C@@H](C)C2[C@H](O1)[C@H](O)[C@@]1(C)[C@@H]3CC[C@H]4C(C)(C)[C@@H](O[C@H]5CN(C6CCOC6)CCO5)CC[C@@]45C[C@@]35CC[C@]21C)C(C)(C)O. The van der Waals surface area contributed by atoms with Gasteiger partial charge in [0.05, 0.1) is 43.2 Å². The van der Waals surface area contributed by atoms with Crippen molar-refractivity contribution >= 4 is 5.97 Å². The zero-order valence-electron chi connectivity index (χ0n) is 31.5. The summed E-state index contributed by atoms with van der Waals surface area (Å²) in [4.78, 5) is 14.6. The Kier molecular flexibility index (Phi) is 8.34. The van der Waals surface area contributed by atoms with Gasteiger partial charge in [-0.15, -0.1) is 0 Å². The summed E-state index contributed by atoms with van der Waals surface area (Å²) >= 11 is 0. The highest BCUT2D eigenvalue weighted by Gasteiger charge is 2.84. The van der Waals surface area contributed by atoms with E-state index in [1.54, 1.807) is 13.8 Å². The number of morpholine rings is 1. The quantitative estimate of drug-likeness (QED) is 0.358. The van der Waals surface area contributed by atoms with E-state index < -0.39 is 29.9 Å². The Balaban J connectivity index is 1.02. The summed E-state index contributed by atoms with van der Waals surface area (Å²) < 4.78 is 31.5. The molecule has 15 atom stereocenters. The molecule has 2 N–H and O–H groups in total. The van der Waals surface area contributed by atoms with Crippen LogP contribution in [0, 0.1) is 50.7 Å². The lowest BCUT2D eigenvalue weighted by Crippen LogP contribution is -2.60. The molecular weight excluding hydrogens is 622 g/mol. The molecule has 0 aromatic carbocycles. The van der Waals surface area contributed by atoms with E-state index in [0.717, 1.165) is 58.6 Å². The molecule has 3 heterocycles. The van der Waals surface area contributed by atoms with Gasteiger partial charge < -0.3 is 33.9 Å². The minimum absolute atomic E-state index is 0.0480. The summed E-state index contributed by atoms with van der Waals surface area (Å²) in [5, 5.41) is 23.6. The number of aliphatic hydroxyl groups excluding tert-OH is 1. The number of hydrogen-bond acceptors (Lipinski definition) is 9. The summed E-state index contributed by atoms with van der Waals surface area (Å²) in [6.07, 6.45) is 7.85. The van der Waals surface area contributed by atoms with Gasteiger partial charge in [-0.05, 0) is 117 Å². The van der Waals surface area contributed by atoms with Gasteiger partial charge >= 0.3 is 5.97 Å². The van der Waals surface area contributed by atoms with E-state index >= 15 is 0 Å². The van der Waals surface area contributed by atoms with E-state index in [0.29, 0.717) is 29.7 Å². The second kappa shape index (κ2) is 11.6. The van der Waals surface area contributed by atoms with Gasteiger partial charge in [0.1, 0.15) is 0 Å². The molecule has 0 aromatic rings. The molecule has 5 saturated carbocycles. The van der Waals surface area contributed by atoms with E-state index in [4.69, 9.17) is 23.7 Å². The van der Waals surface area contributed by atoms with Crippen molar-refractivity contribution in [2.75, 3.05) is 32.9 Å². The number of carbonyl (C=O) groups is 1. The monoisotopic (exact) mass is 687 g/mol. The first kappa shape index (κ1) is 35.2. The molecule has 8 aliphatic rings. The highest BCUT2D eigenvalue weighted by molar-refractivity contribution is 5.66. The largest absolute Gasteiger partial charge is 0.457 e. The van der Waals surface area contributed by atoms with Crippen LogP contribution in [0.3, 0.4) is 0 Å². The molecule has 0 bridgehead atoms. The summed E-state index contributed by atoms with van der Waals surface area (Å²) in [7, 11) is 0. The number of aliphatic hydroxyl groups is 2. The van der Waals surface area contributed by atoms with Crippen molar-refractivity contribution in [2.45, 2.75) is 162 Å². The van der Waals surface area contributed by atoms with Crippen LogP contribution in [0.5, 0.6) is 0 Å². The number of esters is 1. The molecule has 2 spiro atoms. The molecule has 3 unspecified atom stereocenters. The zero-order valence-corrected chi connectivity index (χ0v) is 31.5.